The van der Waals surface area contributed by atoms with Gasteiger partial charge in [0, 0.05) is 7.05 Å². The van der Waals surface area contributed by atoms with Crippen LogP contribution in [0.3, 0.4) is 0 Å². The molecule has 2 atom stereocenters. The molecule has 132 valence electrons. The molecule has 0 radical (unpaired) electrons. The standard InChI is InChI=1S/C20H23NO4/c1-14-8-10-16(11-9-14)23-13-12-21(3)20(22)19-15(2)24-17-6-4-5-7-18(17)25-19/h4-11,15,19H,12-13H2,1-3H3/t15-,19+/m0/s1. The fraction of sp³-hybridized carbons (Fsp3) is 0.350. The number of para-hydroxylation sites is 2. The number of amides is 1. The van der Waals surface area contributed by atoms with Crippen molar-refractivity contribution in [2.75, 3.05) is 20.2 Å². The van der Waals surface area contributed by atoms with E-state index >= 15 is 0 Å². The van der Waals surface area contributed by atoms with Gasteiger partial charge < -0.3 is 19.1 Å². The van der Waals surface area contributed by atoms with Gasteiger partial charge in [0.2, 0.25) is 6.10 Å². The lowest BCUT2D eigenvalue weighted by atomic mass is 10.1. The lowest BCUT2D eigenvalue weighted by Crippen LogP contribution is -2.50. The molecule has 0 aromatic heterocycles. The first-order valence-electron chi connectivity index (χ1n) is 8.41. The Balaban J connectivity index is 1.54. The summed E-state index contributed by atoms with van der Waals surface area (Å²) in [4.78, 5) is 14.3. The highest BCUT2D eigenvalue weighted by molar-refractivity contribution is 5.82. The molecule has 25 heavy (non-hydrogen) atoms. The fourth-order valence-corrected chi connectivity index (χ4v) is 2.65. The molecule has 1 aliphatic rings. The van der Waals surface area contributed by atoms with E-state index in [0.717, 1.165) is 5.75 Å². The Kier molecular flexibility index (Phi) is 5.12. The van der Waals surface area contributed by atoms with Crippen LogP contribution in [0, 0.1) is 6.92 Å². The van der Waals surface area contributed by atoms with Crippen LogP contribution in [0.5, 0.6) is 17.2 Å². The summed E-state index contributed by atoms with van der Waals surface area (Å²) < 4.78 is 17.3. The number of hydrogen-bond acceptors (Lipinski definition) is 4. The number of benzene rings is 2. The maximum Gasteiger partial charge on any atom is 0.267 e. The van der Waals surface area contributed by atoms with Crippen molar-refractivity contribution in [3.8, 4) is 17.2 Å². The largest absolute Gasteiger partial charge is 0.492 e. The number of carbonyl (C=O) groups is 1. The number of aryl methyl sites for hydroxylation is 1. The number of rotatable bonds is 5. The second-order valence-electron chi connectivity index (χ2n) is 6.23. The van der Waals surface area contributed by atoms with Gasteiger partial charge in [-0.1, -0.05) is 29.8 Å². The van der Waals surface area contributed by atoms with Gasteiger partial charge in [-0.2, -0.15) is 0 Å². The summed E-state index contributed by atoms with van der Waals surface area (Å²) >= 11 is 0. The van der Waals surface area contributed by atoms with E-state index in [2.05, 4.69) is 0 Å². The van der Waals surface area contributed by atoms with Crippen LogP contribution < -0.4 is 14.2 Å². The second kappa shape index (κ2) is 7.47. The number of likely N-dealkylation sites (N-methyl/N-ethyl adjacent to an activating group) is 1. The normalized spacial score (nSPS) is 18.5. The second-order valence-corrected chi connectivity index (χ2v) is 6.23. The van der Waals surface area contributed by atoms with Gasteiger partial charge >= 0.3 is 0 Å². The van der Waals surface area contributed by atoms with E-state index < -0.39 is 6.10 Å². The molecule has 0 unspecified atom stereocenters. The third-order valence-electron chi connectivity index (χ3n) is 4.18. The molecule has 0 N–H and O–H groups in total. The van der Waals surface area contributed by atoms with E-state index in [-0.39, 0.29) is 12.0 Å². The minimum atomic E-state index is -0.653. The molecular formula is C20H23NO4. The molecule has 1 heterocycles. The molecule has 2 aromatic carbocycles. The van der Waals surface area contributed by atoms with Crippen molar-refractivity contribution in [3.63, 3.8) is 0 Å². The van der Waals surface area contributed by atoms with Crippen molar-refractivity contribution in [2.45, 2.75) is 26.1 Å². The van der Waals surface area contributed by atoms with E-state index in [1.807, 2.05) is 62.4 Å². The van der Waals surface area contributed by atoms with Crippen LogP contribution in [0.2, 0.25) is 0 Å². The van der Waals surface area contributed by atoms with Crippen LogP contribution in [0.4, 0.5) is 0 Å². The Bertz CT molecular complexity index is 729. The zero-order valence-electron chi connectivity index (χ0n) is 14.8. The average molecular weight is 341 g/mol. The van der Waals surface area contributed by atoms with Crippen molar-refractivity contribution in [2.24, 2.45) is 0 Å². The minimum absolute atomic E-state index is 0.116. The SMILES string of the molecule is Cc1ccc(OCCN(C)C(=O)[C@@H]2Oc3ccccc3O[C@H]2C)cc1. The molecule has 0 bridgehead atoms. The van der Waals surface area contributed by atoms with Crippen LogP contribution in [0.25, 0.3) is 0 Å². The molecule has 3 rings (SSSR count). The van der Waals surface area contributed by atoms with E-state index in [0.29, 0.717) is 24.7 Å². The number of carbonyl (C=O) groups excluding carboxylic acids is 1. The van der Waals surface area contributed by atoms with Crippen molar-refractivity contribution >= 4 is 5.91 Å². The maximum atomic E-state index is 12.7. The summed E-state index contributed by atoms with van der Waals surface area (Å²) in [6.45, 7) is 4.77. The van der Waals surface area contributed by atoms with Crippen LogP contribution >= 0.6 is 0 Å². The summed E-state index contributed by atoms with van der Waals surface area (Å²) in [5.74, 6) is 1.95. The van der Waals surface area contributed by atoms with E-state index in [1.54, 1.807) is 11.9 Å². The quantitative estimate of drug-likeness (QED) is 0.839. The summed E-state index contributed by atoms with van der Waals surface area (Å²) in [5.41, 5.74) is 1.18. The molecule has 5 heteroatoms. The molecule has 2 aromatic rings. The fourth-order valence-electron chi connectivity index (χ4n) is 2.65. The molecule has 0 aliphatic carbocycles. The first kappa shape index (κ1) is 17.1. The van der Waals surface area contributed by atoms with E-state index in [4.69, 9.17) is 14.2 Å². The predicted octanol–water partition coefficient (Wildman–Crippen LogP) is 3.06. The Labute approximate surface area is 148 Å². The Morgan fingerprint density at radius 2 is 1.72 bits per heavy atom. The Hall–Kier alpha value is -2.69. The Morgan fingerprint density at radius 1 is 1.08 bits per heavy atom. The summed E-state index contributed by atoms with van der Waals surface area (Å²) in [6, 6.07) is 15.2. The lowest BCUT2D eigenvalue weighted by molar-refractivity contribution is -0.143. The van der Waals surface area contributed by atoms with Crippen LogP contribution in [0.15, 0.2) is 48.5 Å². The zero-order chi connectivity index (χ0) is 17.8. The predicted molar refractivity (Wildman–Crippen MR) is 95.3 cm³/mol. The Morgan fingerprint density at radius 3 is 2.40 bits per heavy atom. The molecule has 1 aliphatic heterocycles. The van der Waals surface area contributed by atoms with Gasteiger partial charge in [-0.05, 0) is 38.1 Å². The van der Waals surface area contributed by atoms with Gasteiger partial charge in [0.1, 0.15) is 18.5 Å². The lowest BCUT2D eigenvalue weighted by Gasteiger charge is -2.33. The average Bonchev–Trinajstić information content (AvgIpc) is 2.62. The van der Waals surface area contributed by atoms with Gasteiger partial charge in [0.15, 0.2) is 11.5 Å². The summed E-state index contributed by atoms with van der Waals surface area (Å²) in [7, 11) is 1.75. The summed E-state index contributed by atoms with van der Waals surface area (Å²) in [5, 5.41) is 0. The topological polar surface area (TPSA) is 48.0 Å². The first-order valence-corrected chi connectivity index (χ1v) is 8.41. The van der Waals surface area contributed by atoms with Gasteiger partial charge in [-0.25, -0.2) is 0 Å². The molecule has 0 saturated heterocycles. The molecule has 0 saturated carbocycles. The van der Waals surface area contributed by atoms with Gasteiger partial charge in [0.05, 0.1) is 6.54 Å². The smallest absolute Gasteiger partial charge is 0.267 e. The van der Waals surface area contributed by atoms with Crippen molar-refractivity contribution < 1.29 is 19.0 Å². The van der Waals surface area contributed by atoms with Crippen LogP contribution in [-0.4, -0.2) is 43.2 Å². The van der Waals surface area contributed by atoms with E-state index in [1.165, 1.54) is 5.56 Å². The van der Waals surface area contributed by atoms with E-state index in [9.17, 15) is 4.79 Å². The van der Waals surface area contributed by atoms with Gasteiger partial charge in [0.25, 0.3) is 5.91 Å². The summed E-state index contributed by atoms with van der Waals surface area (Å²) in [6.07, 6.45) is -0.998. The molecule has 5 nitrogen and oxygen atoms in total. The molecule has 0 fully saturated rings. The molecular weight excluding hydrogens is 318 g/mol. The molecule has 0 spiro atoms. The molecule has 1 amide bonds. The van der Waals surface area contributed by atoms with Crippen molar-refractivity contribution in [1.82, 2.24) is 4.90 Å². The zero-order valence-corrected chi connectivity index (χ0v) is 14.8. The number of ether oxygens (including phenoxy) is 3. The highest BCUT2D eigenvalue weighted by Gasteiger charge is 2.35. The third kappa shape index (κ3) is 4.05. The van der Waals surface area contributed by atoms with Crippen LogP contribution in [-0.2, 0) is 4.79 Å². The maximum absolute atomic E-state index is 12.7. The van der Waals surface area contributed by atoms with Crippen molar-refractivity contribution in [3.05, 3.63) is 54.1 Å². The highest BCUT2D eigenvalue weighted by Crippen LogP contribution is 2.33. The van der Waals surface area contributed by atoms with Gasteiger partial charge in [-0.15, -0.1) is 0 Å². The number of nitrogens with zero attached hydrogens (tertiary/aromatic N) is 1. The van der Waals surface area contributed by atoms with Crippen LogP contribution in [0.1, 0.15) is 12.5 Å². The minimum Gasteiger partial charge on any atom is -0.492 e. The monoisotopic (exact) mass is 341 g/mol. The number of hydrogen-bond donors (Lipinski definition) is 0. The third-order valence-corrected chi connectivity index (χ3v) is 4.18. The number of fused-ring (bicyclic) bond motifs is 1. The van der Waals surface area contributed by atoms with Crippen molar-refractivity contribution in [1.29, 1.82) is 0 Å². The van der Waals surface area contributed by atoms with Gasteiger partial charge in [-0.3, -0.25) is 4.79 Å². The first-order chi connectivity index (χ1) is 12.0. The highest BCUT2D eigenvalue weighted by atomic mass is 16.6.